The second-order valence-electron chi connectivity index (χ2n) is 5.70. The number of carboxylic acid groups (broad SMARTS) is 1. The average molecular weight is 342 g/mol. The first-order chi connectivity index (χ1) is 11.3. The van der Waals surface area contributed by atoms with Gasteiger partial charge in [-0.2, -0.15) is 0 Å². The van der Waals surface area contributed by atoms with E-state index in [-0.39, 0.29) is 17.1 Å². The minimum atomic E-state index is -0.905. The fraction of sp³-hybridized carbons (Fsp3) is 0.158. The number of rotatable bonds is 6. The quantitative estimate of drug-likeness (QED) is 0.466. The van der Waals surface area contributed by atoms with E-state index in [1.54, 1.807) is 38.1 Å². The standard InChI is InChI=1S/C19H18O4S/c1-19(2,18(22)23)24-14-10-7-13(8-11-14)9-12-17(21)15-5-3-4-6-16(15)20/h3-12,20H,1-2H3,(H,22,23). The predicted molar refractivity (Wildman–Crippen MR) is 95.5 cm³/mol. The first-order valence-electron chi connectivity index (χ1n) is 7.32. The average Bonchev–Trinajstić information content (AvgIpc) is 2.54. The Morgan fingerprint density at radius 2 is 1.67 bits per heavy atom. The van der Waals surface area contributed by atoms with E-state index in [1.165, 1.54) is 23.9 Å². The second-order valence-corrected chi connectivity index (χ2v) is 7.40. The zero-order valence-electron chi connectivity index (χ0n) is 13.4. The summed E-state index contributed by atoms with van der Waals surface area (Å²) in [4.78, 5) is 24.0. The Labute approximate surface area is 144 Å². The molecule has 0 unspecified atom stereocenters. The first-order valence-corrected chi connectivity index (χ1v) is 8.14. The Morgan fingerprint density at radius 3 is 2.25 bits per heavy atom. The van der Waals surface area contributed by atoms with Crippen LogP contribution in [-0.2, 0) is 4.79 Å². The molecule has 2 N–H and O–H groups in total. The van der Waals surface area contributed by atoms with Crippen LogP contribution >= 0.6 is 11.8 Å². The topological polar surface area (TPSA) is 74.6 Å². The maximum absolute atomic E-state index is 12.1. The number of hydrogen-bond acceptors (Lipinski definition) is 4. The number of carbonyl (C=O) groups excluding carboxylic acids is 1. The molecule has 2 aromatic carbocycles. The van der Waals surface area contributed by atoms with Crippen molar-refractivity contribution in [3.05, 3.63) is 65.7 Å². The third-order valence-corrected chi connectivity index (χ3v) is 4.56. The molecule has 0 radical (unpaired) electrons. The normalized spacial score (nSPS) is 11.6. The highest BCUT2D eigenvalue weighted by Gasteiger charge is 2.28. The second kappa shape index (κ2) is 7.36. The number of carbonyl (C=O) groups is 2. The SMILES string of the molecule is CC(C)(Sc1ccc(C=CC(=O)c2ccccc2O)cc1)C(=O)O. The van der Waals surface area contributed by atoms with Crippen LogP contribution in [0.25, 0.3) is 6.08 Å². The number of thioether (sulfide) groups is 1. The number of carboxylic acids is 1. The molecule has 0 atom stereocenters. The molecule has 0 amide bonds. The van der Waals surface area contributed by atoms with Gasteiger partial charge in [0.25, 0.3) is 0 Å². The Morgan fingerprint density at radius 1 is 1.04 bits per heavy atom. The number of aromatic hydroxyl groups is 1. The highest BCUT2D eigenvalue weighted by atomic mass is 32.2. The van der Waals surface area contributed by atoms with Crippen molar-refractivity contribution in [3.8, 4) is 5.75 Å². The summed E-state index contributed by atoms with van der Waals surface area (Å²) < 4.78 is -0.905. The van der Waals surface area contributed by atoms with Gasteiger partial charge in [0.05, 0.1) is 5.56 Å². The number of benzene rings is 2. The molecule has 5 heteroatoms. The Balaban J connectivity index is 2.08. The van der Waals surface area contributed by atoms with Gasteiger partial charge in [-0.3, -0.25) is 9.59 Å². The van der Waals surface area contributed by atoms with Crippen molar-refractivity contribution >= 4 is 29.6 Å². The van der Waals surface area contributed by atoms with E-state index < -0.39 is 10.7 Å². The smallest absolute Gasteiger partial charge is 0.319 e. The summed E-state index contributed by atoms with van der Waals surface area (Å²) in [5.74, 6) is -1.20. The van der Waals surface area contributed by atoms with Crippen molar-refractivity contribution in [2.75, 3.05) is 0 Å². The van der Waals surface area contributed by atoms with Gasteiger partial charge in [0.1, 0.15) is 10.5 Å². The van der Waals surface area contributed by atoms with Crippen LogP contribution < -0.4 is 0 Å². The fourth-order valence-electron chi connectivity index (χ4n) is 1.93. The molecule has 0 spiro atoms. The van der Waals surface area contributed by atoms with Crippen LogP contribution in [0, 0.1) is 0 Å². The van der Waals surface area contributed by atoms with Gasteiger partial charge < -0.3 is 10.2 Å². The van der Waals surface area contributed by atoms with E-state index >= 15 is 0 Å². The van der Waals surface area contributed by atoms with Crippen LogP contribution in [0.1, 0.15) is 29.8 Å². The largest absolute Gasteiger partial charge is 0.507 e. The minimum absolute atomic E-state index is 0.0465. The monoisotopic (exact) mass is 342 g/mol. The van der Waals surface area contributed by atoms with E-state index in [9.17, 15) is 14.7 Å². The molecule has 124 valence electrons. The maximum atomic E-state index is 12.1. The van der Waals surface area contributed by atoms with Crippen molar-refractivity contribution in [1.29, 1.82) is 0 Å². The van der Waals surface area contributed by atoms with Crippen molar-refractivity contribution < 1.29 is 19.8 Å². The van der Waals surface area contributed by atoms with Crippen LogP contribution in [0.15, 0.2) is 59.5 Å². The van der Waals surface area contributed by atoms with E-state index in [0.717, 1.165) is 10.5 Å². The number of para-hydroxylation sites is 1. The summed E-state index contributed by atoms with van der Waals surface area (Å²) in [7, 11) is 0. The lowest BCUT2D eigenvalue weighted by atomic mass is 10.1. The van der Waals surface area contributed by atoms with Crippen molar-refractivity contribution in [1.82, 2.24) is 0 Å². The van der Waals surface area contributed by atoms with Gasteiger partial charge in [-0.1, -0.05) is 30.3 Å². The number of phenolic OH excluding ortho intramolecular Hbond substituents is 1. The van der Waals surface area contributed by atoms with E-state index in [4.69, 9.17) is 5.11 Å². The zero-order valence-corrected chi connectivity index (χ0v) is 14.2. The lowest BCUT2D eigenvalue weighted by Gasteiger charge is -2.18. The Hall–Kier alpha value is -2.53. The van der Waals surface area contributed by atoms with Gasteiger partial charge in [-0.25, -0.2) is 0 Å². The molecular formula is C19H18O4S. The third kappa shape index (κ3) is 4.49. The molecule has 2 aromatic rings. The number of phenols is 1. The number of ketones is 1. The number of hydrogen-bond donors (Lipinski definition) is 2. The Bertz CT molecular complexity index is 776. The molecule has 2 rings (SSSR count). The number of allylic oxidation sites excluding steroid dienone is 1. The van der Waals surface area contributed by atoms with Crippen LogP contribution in [-0.4, -0.2) is 26.7 Å². The molecule has 0 saturated carbocycles. The first kappa shape index (κ1) is 17.8. The Kier molecular flexibility index (Phi) is 5.46. The zero-order chi connectivity index (χ0) is 17.7. The number of aliphatic carboxylic acids is 1. The molecule has 0 aliphatic heterocycles. The summed E-state index contributed by atoms with van der Waals surface area (Å²) in [6, 6.07) is 13.7. The molecule has 0 aliphatic rings. The summed E-state index contributed by atoms with van der Waals surface area (Å²) in [6.45, 7) is 3.30. The minimum Gasteiger partial charge on any atom is -0.507 e. The lowest BCUT2D eigenvalue weighted by molar-refractivity contribution is -0.138. The van der Waals surface area contributed by atoms with Gasteiger partial charge in [-0.05, 0) is 49.8 Å². The summed E-state index contributed by atoms with van der Waals surface area (Å²) in [5.41, 5.74) is 1.07. The van der Waals surface area contributed by atoms with Gasteiger partial charge in [0, 0.05) is 4.90 Å². The summed E-state index contributed by atoms with van der Waals surface area (Å²) in [5, 5.41) is 18.8. The highest BCUT2D eigenvalue weighted by Crippen LogP contribution is 2.32. The third-order valence-electron chi connectivity index (χ3n) is 3.36. The lowest BCUT2D eigenvalue weighted by Crippen LogP contribution is -2.26. The van der Waals surface area contributed by atoms with Crippen molar-refractivity contribution in [2.45, 2.75) is 23.5 Å². The molecule has 0 heterocycles. The van der Waals surface area contributed by atoms with Crippen LogP contribution in [0.2, 0.25) is 0 Å². The molecule has 24 heavy (non-hydrogen) atoms. The van der Waals surface area contributed by atoms with Gasteiger partial charge in [-0.15, -0.1) is 11.8 Å². The van der Waals surface area contributed by atoms with Gasteiger partial charge in [0.15, 0.2) is 5.78 Å². The van der Waals surface area contributed by atoms with Crippen molar-refractivity contribution in [3.63, 3.8) is 0 Å². The van der Waals surface area contributed by atoms with E-state index in [0.29, 0.717) is 0 Å². The predicted octanol–water partition coefficient (Wildman–Crippen LogP) is 4.24. The van der Waals surface area contributed by atoms with Crippen LogP contribution in [0.4, 0.5) is 0 Å². The van der Waals surface area contributed by atoms with Gasteiger partial charge in [0.2, 0.25) is 0 Å². The molecule has 0 saturated heterocycles. The van der Waals surface area contributed by atoms with Crippen LogP contribution in [0.5, 0.6) is 5.75 Å². The van der Waals surface area contributed by atoms with Crippen LogP contribution in [0.3, 0.4) is 0 Å². The fourth-order valence-corrected chi connectivity index (χ4v) is 2.88. The van der Waals surface area contributed by atoms with E-state index in [1.807, 2.05) is 24.3 Å². The molecule has 0 aromatic heterocycles. The molecule has 0 aliphatic carbocycles. The maximum Gasteiger partial charge on any atom is 0.319 e. The molecule has 4 nitrogen and oxygen atoms in total. The van der Waals surface area contributed by atoms with Gasteiger partial charge >= 0.3 is 5.97 Å². The molecular weight excluding hydrogens is 324 g/mol. The molecule has 0 bridgehead atoms. The van der Waals surface area contributed by atoms with E-state index in [2.05, 4.69) is 0 Å². The summed E-state index contributed by atoms with van der Waals surface area (Å²) >= 11 is 1.26. The molecule has 0 fully saturated rings. The highest BCUT2D eigenvalue weighted by molar-refractivity contribution is 8.01. The van der Waals surface area contributed by atoms with Crippen molar-refractivity contribution in [2.24, 2.45) is 0 Å². The summed E-state index contributed by atoms with van der Waals surface area (Å²) in [6.07, 6.45) is 3.06.